The van der Waals surface area contributed by atoms with Gasteiger partial charge in [0, 0.05) is 0 Å². The van der Waals surface area contributed by atoms with E-state index in [2.05, 4.69) is 18.4 Å². The Hall–Kier alpha value is 0.462. The van der Waals surface area contributed by atoms with Crippen LogP contribution in [0.25, 0.3) is 0 Å². The molecule has 0 heterocycles. The second-order valence-electron chi connectivity index (χ2n) is 3.00. The molecule has 0 radical (unpaired) electrons. The van der Waals surface area contributed by atoms with Crippen molar-refractivity contribution in [3.05, 3.63) is 19.6 Å². The molecule has 0 aromatic heterocycles. The van der Waals surface area contributed by atoms with Crippen molar-refractivity contribution in [3.63, 3.8) is 0 Å². The zero-order valence-corrected chi connectivity index (χ0v) is 10.9. The van der Waals surface area contributed by atoms with Gasteiger partial charge in [-0.05, 0) is 18.3 Å². The molecule has 2 aliphatic rings. The van der Waals surface area contributed by atoms with Gasteiger partial charge in [0.05, 0.1) is 0 Å². The van der Waals surface area contributed by atoms with E-state index in [9.17, 15) is 4.79 Å². The summed E-state index contributed by atoms with van der Waals surface area (Å²) in [5.74, 6) is 1.49. The van der Waals surface area contributed by atoms with Crippen molar-refractivity contribution < 1.29 is 35.9 Å². The summed E-state index contributed by atoms with van der Waals surface area (Å²) < 4.78 is 0. The molecule has 1 saturated carbocycles. The van der Waals surface area contributed by atoms with Crippen LogP contribution in [0.15, 0.2) is 12.2 Å². The maximum atomic E-state index is 10.2. The zero-order valence-electron chi connectivity index (χ0n) is 6.71. The molecule has 1 fully saturated rings. The standard InChI is InChI=1S/C8H9O.CH3.U/c9-5-8-4-6-1-2-7(8)3-6;;/h1-2,6-8H,3-4H2;1H3;/q2*-1;+2. The van der Waals surface area contributed by atoms with Gasteiger partial charge in [-0.3, -0.25) is 6.29 Å². The number of carbonyl (C=O) groups excluding carboxylic acids is 1. The van der Waals surface area contributed by atoms with Crippen LogP contribution in [0.1, 0.15) is 12.8 Å². The minimum absolute atomic E-state index is 0. The van der Waals surface area contributed by atoms with Crippen LogP contribution in [0.2, 0.25) is 0 Å². The van der Waals surface area contributed by atoms with E-state index in [1.807, 2.05) is 0 Å². The number of hydrogen-bond donors (Lipinski definition) is 0. The molecule has 11 heavy (non-hydrogen) atoms. The van der Waals surface area contributed by atoms with Gasteiger partial charge in [0.25, 0.3) is 0 Å². The molecule has 2 heteroatoms. The molecule has 3 atom stereocenters. The molecule has 0 aromatic rings. The summed E-state index contributed by atoms with van der Waals surface area (Å²) in [5, 5.41) is 0. The van der Waals surface area contributed by atoms with E-state index in [4.69, 9.17) is 0 Å². The predicted molar refractivity (Wildman–Crippen MR) is 41.0 cm³/mol. The van der Waals surface area contributed by atoms with E-state index < -0.39 is 0 Å². The monoisotopic (exact) mass is 374 g/mol. The fourth-order valence-corrected chi connectivity index (χ4v) is 1.92. The van der Waals surface area contributed by atoms with E-state index in [1.165, 1.54) is 6.42 Å². The largest absolute Gasteiger partial charge is 2.00 e. The Morgan fingerprint density at radius 3 is 2.27 bits per heavy atom. The van der Waals surface area contributed by atoms with Gasteiger partial charge in [0.15, 0.2) is 0 Å². The summed E-state index contributed by atoms with van der Waals surface area (Å²) in [7, 11) is 0. The molecule has 0 amide bonds. The Labute approximate surface area is 92.0 Å². The van der Waals surface area contributed by atoms with Crippen LogP contribution in [0.3, 0.4) is 0 Å². The molecule has 0 N–H and O–H groups in total. The first-order valence-electron chi connectivity index (χ1n) is 3.46. The average Bonchev–Trinajstić information content (AvgIpc) is 2.45. The fraction of sp³-hybridized carbons (Fsp3) is 0.556. The Balaban J connectivity index is 0.000000500. The van der Waals surface area contributed by atoms with E-state index in [0.29, 0.717) is 11.8 Å². The molecule has 0 saturated heterocycles. The number of fused-ring (bicyclic) bond motifs is 2. The molecule has 1 nitrogen and oxygen atoms in total. The predicted octanol–water partition coefficient (Wildman–Crippen LogP) is 1.76. The van der Waals surface area contributed by atoms with Crippen LogP contribution >= 0.6 is 0 Å². The van der Waals surface area contributed by atoms with Gasteiger partial charge in [0.1, 0.15) is 0 Å². The first-order valence-corrected chi connectivity index (χ1v) is 3.46. The van der Waals surface area contributed by atoms with Crippen molar-refractivity contribution in [1.82, 2.24) is 0 Å². The van der Waals surface area contributed by atoms with Crippen LogP contribution in [0.5, 0.6) is 0 Å². The smallest absolute Gasteiger partial charge is 0.541 e. The fourth-order valence-electron chi connectivity index (χ4n) is 1.92. The van der Waals surface area contributed by atoms with Crippen molar-refractivity contribution in [2.45, 2.75) is 12.8 Å². The van der Waals surface area contributed by atoms with Crippen LogP contribution in [-0.4, -0.2) is 6.29 Å². The summed E-state index contributed by atoms with van der Waals surface area (Å²) in [6.45, 7) is 0. The Morgan fingerprint density at radius 2 is 2.00 bits per heavy atom. The first-order chi connectivity index (χ1) is 4.40. The minimum Gasteiger partial charge on any atom is -0.541 e. The second kappa shape index (κ2) is 4.48. The normalized spacial score (nSPS) is 37.6. The summed E-state index contributed by atoms with van der Waals surface area (Å²) in [6.07, 6.45) is 8.77. The van der Waals surface area contributed by atoms with Crippen LogP contribution in [0.4, 0.5) is 0 Å². The van der Waals surface area contributed by atoms with Crippen molar-refractivity contribution in [2.24, 2.45) is 17.8 Å². The van der Waals surface area contributed by atoms with Crippen LogP contribution in [-0.2, 0) is 4.79 Å². The second-order valence-corrected chi connectivity index (χ2v) is 3.00. The molecule has 58 valence electrons. The molecule has 2 bridgehead atoms. The third-order valence-electron chi connectivity index (χ3n) is 2.43. The molecule has 3 unspecified atom stereocenters. The first kappa shape index (κ1) is 11.5. The van der Waals surface area contributed by atoms with Gasteiger partial charge < -0.3 is 12.2 Å². The Morgan fingerprint density at radius 1 is 1.27 bits per heavy atom. The SMILES string of the molecule is O=[C-]C1CC2C=CC1C2.[CH3-].[U+2]. The molecular formula is C9H12OU. The van der Waals surface area contributed by atoms with Gasteiger partial charge in [0.2, 0.25) is 0 Å². The zero-order chi connectivity index (χ0) is 6.27. The van der Waals surface area contributed by atoms with Crippen LogP contribution in [0, 0.1) is 56.3 Å². The average molecular weight is 374 g/mol. The van der Waals surface area contributed by atoms with E-state index in [1.54, 1.807) is 0 Å². The van der Waals surface area contributed by atoms with E-state index in [0.717, 1.165) is 6.42 Å². The summed E-state index contributed by atoms with van der Waals surface area (Å²) in [4.78, 5) is 10.2. The van der Waals surface area contributed by atoms with Crippen LogP contribution < -0.4 is 0 Å². The quantitative estimate of drug-likeness (QED) is 0.505. The molecule has 0 spiro atoms. The summed E-state index contributed by atoms with van der Waals surface area (Å²) in [6, 6.07) is 0. The van der Waals surface area contributed by atoms with Gasteiger partial charge in [-0.15, -0.1) is 5.92 Å². The number of hydrogen-bond acceptors (Lipinski definition) is 1. The maximum Gasteiger partial charge on any atom is 2.00 e. The minimum atomic E-state index is 0. The molecule has 2 rings (SSSR count). The molecular weight excluding hydrogens is 362 g/mol. The topological polar surface area (TPSA) is 17.1 Å². The summed E-state index contributed by atoms with van der Waals surface area (Å²) in [5.41, 5.74) is 0. The third-order valence-corrected chi connectivity index (χ3v) is 2.43. The van der Waals surface area contributed by atoms with Gasteiger partial charge in [-0.1, -0.05) is 18.6 Å². The Kier molecular flexibility index (Phi) is 4.67. The van der Waals surface area contributed by atoms with Crippen molar-refractivity contribution >= 4 is 6.29 Å². The Bertz CT molecular complexity index is 165. The number of allylic oxidation sites excluding steroid dienone is 2. The van der Waals surface area contributed by atoms with Crippen molar-refractivity contribution in [2.75, 3.05) is 0 Å². The van der Waals surface area contributed by atoms with Crippen molar-refractivity contribution in [1.29, 1.82) is 0 Å². The molecule has 0 aromatic carbocycles. The van der Waals surface area contributed by atoms with Crippen molar-refractivity contribution in [3.8, 4) is 0 Å². The summed E-state index contributed by atoms with van der Waals surface area (Å²) >= 11 is 0. The third kappa shape index (κ3) is 1.98. The molecule has 0 aliphatic heterocycles. The van der Waals surface area contributed by atoms with E-state index in [-0.39, 0.29) is 44.5 Å². The molecule has 2 aliphatic carbocycles. The van der Waals surface area contributed by atoms with E-state index >= 15 is 0 Å². The van der Waals surface area contributed by atoms with Gasteiger partial charge in [-0.25, -0.2) is 0 Å². The number of rotatable bonds is 1. The van der Waals surface area contributed by atoms with Gasteiger partial charge in [-0.2, -0.15) is 0 Å². The maximum absolute atomic E-state index is 10.2. The van der Waals surface area contributed by atoms with Gasteiger partial charge >= 0.3 is 31.1 Å².